The first-order valence-electron chi connectivity index (χ1n) is 5.33. The fourth-order valence-electron chi connectivity index (χ4n) is 2.76. The number of nitrogens with zero attached hydrogens (tertiary/aromatic N) is 2. The molecule has 0 aliphatic carbocycles. The maximum absolute atomic E-state index is 5.59. The Morgan fingerprint density at radius 2 is 1.64 bits per heavy atom. The lowest BCUT2D eigenvalue weighted by atomic mass is 9.96. The lowest BCUT2D eigenvalue weighted by Crippen LogP contribution is -2.62. The third-order valence-electron chi connectivity index (χ3n) is 3.10. The molecule has 1 saturated heterocycles. The number of terminal acetylenes is 1. The quantitative estimate of drug-likeness (QED) is 0.583. The summed E-state index contributed by atoms with van der Waals surface area (Å²) in [4.78, 5) is 4.82. The molecule has 0 aromatic carbocycles. The van der Waals surface area contributed by atoms with Gasteiger partial charge in [-0.15, -0.1) is 6.42 Å². The summed E-state index contributed by atoms with van der Waals surface area (Å²) in [6.07, 6.45) is 5.59. The number of piperazine rings is 1. The van der Waals surface area contributed by atoms with Crippen LogP contribution in [0, 0.1) is 12.3 Å². The first kappa shape index (κ1) is 11.6. The Morgan fingerprint density at radius 1 is 1.21 bits per heavy atom. The Morgan fingerprint density at radius 3 is 2.00 bits per heavy atom. The van der Waals surface area contributed by atoms with Crippen molar-refractivity contribution in [3.63, 3.8) is 0 Å². The molecule has 0 N–H and O–H groups in total. The SMILES string of the molecule is C#CC(C)(C)N1C(C)CN(C)CC1C. The normalized spacial score (nSPS) is 31.4. The fourth-order valence-corrected chi connectivity index (χ4v) is 2.76. The van der Waals surface area contributed by atoms with Crippen LogP contribution in [0.5, 0.6) is 0 Å². The van der Waals surface area contributed by atoms with Crippen LogP contribution >= 0.6 is 0 Å². The van der Waals surface area contributed by atoms with E-state index in [1.165, 1.54) is 0 Å². The number of hydrogen-bond donors (Lipinski definition) is 0. The summed E-state index contributed by atoms with van der Waals surface area (Å²) in [6.45, 7) is 11.0. The van der Waals surface area contributed by atoms with Gasteiger partial charge in [0.1, 0.15) is 0 Å². The van der Waals surface area contributed by atoms with E-state index in [0.717, 1.165) is 13.1 Å². The molecule has 0 spiro atoms. The zero-order valence-electron chi connectivity index (χ0n) is 10.0. The molecule has 1 rings (SSSR count). The summed E-state index contributed by atoms with van der Waals surface area (Å²) in [6, 6.07) is 1.07. The van der Waals surface area contributed by atoms with Gasteiger partial charge >= 0.3 is 0 Å². The van der Waals surface area contributed by atoms with E-state index in [0.29, 0.717) is 12.1 Å². The molecule has 1 aliphatic heterocycles. The molecule has 2 heteroatoms. The topological polar surface area (TPSA) is 6.48 Å². The van der Waals surface area contributed by atoms with Gasteiger partial charge in [-0.1, -0.05) is 5.92 Å². The fraction of sp³-hybridized carbons (Fsp3) is 0.833. The largest absolute Gasteiger partial charge is 0.303 e. The van der Waals surface area contributed by atoms with Crippen LogP contribution in [0.4, 0.5) is 0 Å². The zero-order chi connectivity index (χ0) is 10.9. The average molecular weight is 194 g/mol. The molecule has 14 heavy (non-hydrogen) atoms. The van der Waals surface area contributed by atoms with Gasteiger partial charge in [-0.05, 0) is 34.7 Å². The average Bonchev–Trinajstić information content (AvgIpc) is 2.01. The van der Waals surface area contributed by atoms with E-state index in [1.807, 2.05) is 0 Å². The van der Waals surface area contributed by atoms with Crippen molar-refractivity contribution in [3.05, 3.63) is 0 Å². The van der Waals surface area contributed by atoms with Gasteiger partial charge in [-0.2, -0.15) is 0 Å². The molecule has 1 fully saturated rings. The molecule has 0 radical (unpaired) electrons. The number of hydrogen-bond acceptors (Lipinski definition) is 2. The molecule has 1 heterocycles. The van der Waals surface area contributed by atoms with Crippen LogP contribution in [-0.4, -0.2) is 47.6 Å². The molecule has 0 amide bonds. The maximum Gasteiger partial charge on any atom is 0.0771 e. The van der Waals surface area contributed by atoms with Crippen molar-refractivity contribution in [2.45, 2.75) is 45.3 Å². The third kappa shape index (κ3) is 2.10. The van der Waals surface area contributed by atoms with Crippen LogP contribution < -0.4 is 0 Å². The molecular formula is C12H22N2. The minimum atomic E-state index is -0.125. The van der Waals surface area contributed by atoms with Crippen molar-refractivity contribution < 1.29 is 0 Å². The lowest BCUT2D eigenvalue weighted by Gasteiger charge is -2.49. The highest BCUT2D eigenvalue weighted by Gasteiger charge is 2.36. The van der Waals surface area contributed by atoms with E-state index in [4.69, 9.17) is 6.42 Å². The van der Waals surface area contributed by atoms with Gasteiger partial charge in [0.15, 0.2) is 0 Å². The Labute approximate surface area is 88.3 Å². The van der Waals surface area contributed by atoms with Crippen molar-refractivity contribution in [1.82, 2.24) is 9.80 Å². The zero-order valence-corrected chi connectivity index (χ0v) is 10.0. The Hall–Kier alpha value is -0.520. The second kappa shape index (κ2) is 3.92. The Balaban J connectivity index is 2.83. The van der Waals surface area contributed by atoms with Gasteiger partial charge < -0.3 is 4.90 Å². The molecular weight excluding hydrogens is 172 g/mol. The van der Waals surface area contributed by atoms with Crippen molar-refractivity contribution >= 4 is 0 Å². The molecule has 1 aliphatic rings. The van der Waals surface area contributed by atoms with Crippen LogP contribution in [0.3, 0.4) is 0 Å². The summed E-state index contributed by atoms with van der Waals surface area (Å²) < 4.78 is 0. The molecule has 0 bridgehead atoms. The predicted octanol–water partition coefficient (Wildman–Crippen LogP) is 1.42. The van der Waals surface area contributed by atoms with Crippen molar-refractivity contribution in [1.29, 1.82) is 0 Å². The van der Waals surface area contributed by atoms with Crippen molar-refractivity contribution in [2.75, 3.05) is 20.1 Å². The number of rotatable bonds is 1. The standard InChI is InChI=1S/C12H22N2/c1-7-12(4,5)14-10(2)8-13(6)9-11(14)3/h1,10-11H,8-9H2,2-6H3. The van der Waals surface area contributed by atoms with E-state index in [-0.39, 0.29) is 5.54 Å². The summed E-state index contributed by atoms with van der Waals surface area (Å²) >= 11 is 0. The van der Waals surface area contributed by atoms with Crippen LogP contribution in [-0.2, 0) is 0 Å². The molecule has 2 nitrogen and oxygen atoms in total. The van der Waals surface area contributed by atoms with E-state index in [9.17, 15) is 0 Å². The monoisotopic (exact) mass is 194 g/mol. The highest BCUT2D eigenvalue weighted by atomic mass is 15.3. The van der Waals surface area contributed by atoms with Gasteiger partial charge in [0.05, 0.1) is 5.54 Å². The van der Waals surface area contributed by atoms with Crippen LogP contribution in [0.25, 0.3) is 0 Å². The highest BCUT2D eigenvalue weighted by Crippen LogP contribution is 2.24. The van der Waals surface area contributed by atoms with Crippen LogP contribution in [0.1, 0.15) is 27.7 Å². The summed E-state index contributed by atoms with van der Waals surface area (Å²) in [5.41, 5.74) is -0.125. The molecule has 0 saturated carbocycles. The second-order valence-corrected chi connectivity index (χ2v) is 5.03. The van der Waals surface area contributed by atoms with Gasteiger partial charge in [0.25, 0.3) is 0 Å². The minimum Gasteiger partial charge on any atom is -0.303 e. The molecule has 80 valence electrons. The van der Waals surface area contributed by atoms with E-state index in [1.54, 1.807) is 0 Å². The van der Waals surface area contributed by atoms with Crippen LogP contribution in [0.15, 0.2) is 0 Å². The first-order valence-corrected chi connectivity index (χ1v) is 5.33. The van der Waals surface area contributed by atoms with Gasteiger partial charge in [0.2, 0.25) is 0 Å². The van der Waals surface area contributed by atoms with Gasteiger partial charge in [-0.25, -0.2) is 0 Å². The summed E-state index contributed by atoms with van der Waals surface area (Å²) in [5, 5.41) is 0. The van der Waals surface area contributed by atoms with Crippen molar-refractivity contribution in [3.8, 4) is 12.3 Å². The van der Waals surface area contributed by atoms with Gasteiger partial charge in [-0.3, -0.25) is 4.90 Å². The molecule has 0 aromatic heterocycles. The molecule has 2 atom stereocenters. The Kier molecular flexibility index (Phi) is 3.24. The lowest BCUT2D eigenvalue weighted by molar-refractivity contribution is 0.00224. The summed E-state index contributed by atoms with van der Waals surface area (Å²) in [7, 11) is 2.17. The van der Waals surface area contributed by atoms with Gasteiger partial charge in [0, 0.05) is 25.2 Å². The Bertz CT molecular complexity index is 227. The predicted molar refractivity (Wildman–Crippen MR) is 61.2 cm³/mol. The third-order valence-corrected chi connectivity index (χ3v) is 3.10. The minimum absolute atomic E-state index is 0.125. The van der Waals surface area contributed by atoms with Crippen LogP contribution in [0.2, 0.25) is 0 Å². The van der Waals surface area contributed by atoms with E-state index in [2.05, 4.69) is 50.5 Å². The molecule has 2 unspecified atom stereocenters. The summed E-state index contributed by atoms with van der Waals surface area (Å²) in [5.74, 6) is 2.89. The van der Waals surface area contributed by atoms with Crippen molar-refractivity contribution in [2.24, 2.45) is 0 Å². The maximum atomic E-state index is 5.59. The number of likely N-dealkylation sites (N-methyl/N-ethyl adjacent to an activating group) is 1. The molecule has 0 aromatic rings. The smallest absolute Gasteiger partial charge is 0.0771 e. The van der Waals surface area contributed by atoms with E-state index >= 15 is 0 Å². The highest BCUT2D eigenvalue weighted by molar-refractivity contribution is 5.11. The second-order valence-electron chi connectivity index (χ2n) is 5.03. The van der Waals surface area contributed by atoms with E-state index < -0.39 is 0 Å². The first-order chi connectivity index (χ1) is 6.38.